The third kappa shape index (κ3) is 1.33. The van der Waals surface area contributed by atoms with Gasteiger partial charge in [0.1, 0.15) is 5.75 Å². The number of likely N-dealkylation sites (N-methyl/N-ethyl adjacent to an activating group) is 1. The molecule has 1 aromatic carbocycles. The summed E-state index contributed by atoms with van der Waals surface area (Å²) in [6.07, 6.45) is -0.431. The molecule has 0 saturated carbocycles. The van der Waals surface area contributed by atoms with Crippen LogP contribution in [0.5, 0.6) is 5.75 Å². The summed E-state index contributed by atoms with van der Waals surface area (Å²) in [5, 5.41) is 0. The summed E-state index contributed by atoms with van der Waals surface area (Å²) in [6.45, 7) is 5.67. The van der Waals surface area contributed by atoms with E-state index in [-0.39, 0.29) is 5.91 Å². The lowest BCUT2D eigenvalue weighted by Gasteiger charge is -2.32. The molecule has 4 nitrogen and oxygen atoms in total. The Morgan fingerprint density at radius 3 is 2.62 bits per heavy atom. The Morgan fingerprint density at radius 1 is 1.38 bits per heavy atom. The van der Waals surface area contributed by atoms with E-state index in [0.29, 0.717) is 5.69 Å². The van der Waals surface area contributed by atoms with E-state index < -0.39 is 6.10 Å². The first-order valence-corrected chi connectivity index (χ1v) is 5.27. The predicted octanol–water partition coefficient (Wildman–Crippen LogP) is 1.63. The topological polar surface area (TPSA) is 55.6 Å². The number of ether oxygens (including phenoxy) is 1. The molecule has 16 heavy (non-hydrogen) atoms. The molecule has 0 spiro atoms. The minimum absolute atomic E-state index is 0.0462. The lowest BCUT2D eigenvalue weighted by atomic mass is 10.0. The van der Waals surface area contributed by atoms with Gasteiger partial charge in [0.2, 0.25) is 0 Å². The number of anilines is 2. The number of hydrogen-bond acceptors (Lipinski definition) is 3. The van der Waals surface area contributed by atoms with Crippen LogP contribution in [0.1, 0.15) is 18.1 Å². The average Bonchev–Trinajstić information content (AvgIpc) is 2.25. The summed E-state index contributed by atoms with van der Waals surface area (Å²) >= 11 is 0. The zero-order valence-corrected chi connectivity index (χ0v) is 10.00. The summed E-state index contributed by atoms with van der Waals surface area (Å²) in [4.78, 5) is 13.4. The molecule has 0 radical (unpaired) electrons. The van der Waals surface area contributed by atoms with E-state index in [9.17, 15) is 4.79 Å². The Labute approximate surface area is 95.0 Å². The zero-order chi connectivity index (χ0) is 12.0. The molecule has 2 N–H and O–H groups in total. The highest BCUT2D eigenvalue weighted by atomic mass is 16.5. The number of nitrogens with two attached hydrogens (primary N) is 1. The molecule has 1 aliphatic rings. The second-order valence-corrected chi connectivity index (χ2v) is 4.22. The lowest BCUT2D eigenvalue weighted by Crippen LogP contribution is -2.42. The normalized spacial score (nSPS) is 19.4. The van der Waals surface area contributed by atoms with Gasteiger partial charge in [-0.1, -0.05) is 0 Å². The fourth-order valence-electron chi connectivity index (χ4n) is 1.92. The number of amides is 1. The Hall–Kier alpha value is -1.71. The van der Waals surface area contributed by atoms with Crippen molar-refractivity contribution >= 4 is 17.3 Å². The number of carbonyl (C=O) groups excluding carboxylic acids is 1. The summed E-state index contributed by atoms with van der Waals surface area (Å²) in [5.74, 6) is 0.719. The van der Waals surface area contributed by atoms with E-state index in [1.54, 1.807) is 24.9 Å². The van der Waals surface area contributed by atoms with Crippen LogP contribution in [0.15, 0.2) is 6.07 Å². The van der Waals surface area contributed by atoms with E-state index in [1.807, 2.05) is 13.8 Å². The van der Waals surface area contributed by atoms with Crippen LogP contribution in [0, 0.1) is 13.8 Å². The maximum absolute atomic E-state index is 11.8. The maximum atomic E-state index is 11.8. The van der Waals surface area contributed by atoms with Crippen molar-refractivity contribution in [2.45, 2.75) is 26.9 Å². The van der Waals surface area contributed by atoms with Gasteiger partial charge in [0.25, 0.3) is 5.91 Å². The van der Waals surface area contributed by atoms with Crippen molar-refractivity contribution in [1.82, 2.24) is 0 Å². The van der Waals surface area contributed by atoms with E-state index in [2.05, 4.69) is 0 Å². The van der Waals surface area contributed by atoms with Crippen molar-refractivity contribution in [3.8, 4) is 5.75 Å². The Balaban J connectivity index is 2.66. The molecule has 0 fully saturated rings. The fourth-order valence-corrected chi connectivity index (χ4v) is 1.92. The minimum Gasteiger partial charge on any atom is -0.478 e. The number of hydrogen-bond donors (Lipinski definition) is 1. The Morgan fingerprint density at radius 2 is 2.00 bits per heavy atom. The molecule has 86 valence electrons. The highest BCUT2D eigenvalue weighted by Crippen LogP contribution is 2.40. The summed E-state index contributed by atoms with van der Waals surface area (Å²) in [5.41, 5.74) is 9.35. The van der Waals surface area contributed by atoms with Crippen LogP contribution in [-0.4, -0.2) is 19.1 Å². The first kappa shape index (κ1) is 10.8. The van der Waals surface area contributed by atoms with Gasteiger partial charge < -0.3 is 15.4 Å². The van der Waals surface area contributed by atoms with Crippen molar-refractivity contribution in [1.29, 1.82) is 0 Å². The molecular formula is C12H16N2O2. The molecule has 1 atom stereocenters. The molecule has 2 rings (SSSR count). The molecule has 1 amide bonds. The molecule has 1 heterocycles. The fraction of sp³-hybridized carbons (Fsp3) is 0.417. The molecular weight excluding hydrogens is 204 g/mol. The largest absolute Gasteiger partial charge is 0.478 e. The Kier molecular flexibility index (Phi) is 2.30. The highest BCUT2D eigenvalue weighted by molar-refractivity contribution is 6.00. The second kappa shape index (κ2) is 3.40. The van der Waals surface area contributed by atoms with Gasteiger partial charge >= 0.3 is 0 Å². The van der Waals surface area contributed by atoms with Gasteiger partial charge in [-0.2, -0.15) is 0 Å². The molecule has 4 heteroatoms. The molecule has 0 aromatic heterocycles. The highest BCUT2D eigenvalue weighted by Gasteiger charge is 2.30. The van der Waals surface area contributed by atoms with Crippen LogP contribution in [0.2, 0.25) is 0 Å². The van der Waals surface area contributed by atoms with Crippen molar-refractivity contribution in [3.05, 3.63) is 17.2 Å². The smallest absolute Gasteiger partial charge is 0.267 e. The van der Waals surface area contributed by atoms with Gasteiger partial charge in [-0.15, -0.1) is 0 Å². The van der Waals surface area contributed by atoms with E-state index in [1.165, 1.54) is 0 Å². The third-order valence-electron chi connectivity index (χ3n) is 3.20. The summed E-state index contributed by atoms with van der Waals surface area (Å²) < 4.78 is 5.63. The molecule has 0 bridgehead atoms. The van der Waals surface area contributed by atoms with Crippen molar-refractivity contribution < 1.29 is 9.53 Å². The van der Waals surface area contributed by atoms with E-state index in [4.69, 9.17) is 10.5 Å². The first-order valence-electron chi connectivity index (χ1n) is 5.27. The monoisotopic (exact) mass is 220 g/mol. The minimum atomic E-state index is -0.431. The van der Waals surface area contributed by atoms with Gasteiger partial charge in [0.05, 0.1) is 5.69 Å². The maximum Gasteiger partial charge on any atom is 0.267 e. The van der Waals surface area contributed by atoms with E-state index >= 15 is 0 Å². The van der Waals surface area contributed by atoms with Crippen LogP contribution in [0.3, 0.4) is 0 Å². The van der Waals surface area contributed by atoms with Gasteiger partial charge in [-0.05, 0) is 38.0 Å². The van der Waals surface area contributed by atoms with Crippen LogP contribution in [0.25, 0.3) is 0 Å². The summed E-state index contributed by atoms with van der Waals surface area (Å²) in [6, 6.07) is 1.79. The van der Waals surface area contributed by atoms with Crippen molar-refractivity contribution in [2.75, 3.05) is 17.7 Å². The van der Waals surface area contributed by atoms with Crippen molar-refractivity contribution in [2.24, 2.45) is 0 Å². The number of benzene rings is 1. The number of nitrogens with zero attached hydrogens (tertiary/aromatic N) is 1. The SMILES string of the molecule is Cc1c(N)cc2c(c1C)OC(C)C(=O)N2C. The third-order valence-corrected chi connectivity index (χ3v) is 3.20. The number of nitrogen functional groups attached to an aromatic ring is 1. The summed E-state index contributed by atoms with van der Waals surface area (Å²) in [7, 11) is 1.74. The first-order chi connectivity index (χ1) is 7.43. The van der Waals surface area contributed by atoms with Gasteiger partial charge in [0, 0.05) is 12.7 Å². The van der Waals surface area contributed by atoms with Gasteiger partial charge in [-0.25, -0.2) is 0 Å². The van der Waals surface area contributed by atoms with Crippen LogP contribution in [0.4, 0.5) is 11.4 Å². The number of carbonyl (C=O) groups is 1. The lowest BCUT2D eigenvalue weighted by molar-refractivity contribution is -0.125. The second-order valence-electron chi connectivity index (χ2n) is 4.22. The van der Waals surface area contributed by atoms with Crippen molar-refractivity contribution in [3.63, 3.8) is 0 Å². The molecule has 1 unspecified atom stereocenters. The van der Waals surface area contributed by atoms with Crippen LogP contribution in [-0.2, 0) is 4.79 Å². The predicted molar refractivity (Wildman–Crippen MR) is 63.8 cm³/mol. The quantitative estimate of drug-likeness (QED) is 0.676. The number of rotatable bonds is 0. The van der Waals surface area contributed by atoms with Crippen LogP contribution >= 0.6 is 0 Å². The average molecular weight is 220 g/mol. The molecule has 1 aromatic rings. The van der Waals surface area contributed by atoms with Gasteiger partial charge in [-0.3, -0.25) is 4.79 Å². The molecule has 0 saturated heterocycles. The molecule has 1 aliphatic heterocycles. The standard InChI is InChI=1S/C12H16N2O2/c1-6-7(2)11-10(5-9(6)13)14(4)12(15)8(3)16-11/h5,8H,13H2,1-4H3. The molecule has 0 aliphatic carbocycles. The number of fused-ring (bicyclic) bond motifs is 1. The zero-order valence-electron chi connectivity index (χ0n) is 10.00. The van der Waals surface area contributed by atoms with Crippen LogP contribution < -0.4 is 15.4 Å². The van der Waals surface area contributed by atoms with Gasteiger partial charge in [0.15, 0.2) is 6.10 Å². The Bertz CT molecular complexity index is 469. The van der Waals surface area contributed by atoms with E-state index in [0.717, 1.165) is 22.6 Å².